The lowest BCUT2D eigenvalue weighted by Gasteiger charge is -2.09. The molecule has 0 aliphatic heterocycles. The fourth-order valence-corrected chi connectivity index (χ4v) is 3.68. The van der Waals surface area contributed by atoms with Crippen molar-refractivity contribution in [3.63, 3.8) is 0 Å². The fourth-order valence-electron chi connectivity index (χ4n) is 3.68. The van der Waals surface area contributed by atoms with Crippen LogP contribution in [0.4, 0.5) is 24.8 Å². The Bertz CT molecular complexity index is 1350. The van der Waals surface area contributed by atoms with E-state index in [4.69, 9.17) is 5.73 Å². The third-order valence-corrected chi connectivity index (χ3v) is 5.20. The summed E-state index contributed by atoms with van der Waals surface area (Å²) in [5.74, 6) is -0.254. The molecule has 2 heterocycles. The lowest BCUT2D eigenvalue weighted by Crippen LogP contribution is -2.15. The molecule has 0 spiro atoms. The van der Waals surface area contributed by atoms with Gasteiger partial charge >= 0.3 is 6.18 Å². The van der Waals surface area contributed by atoms with E-state index in [1.165, 1.54) is 12.1 Å². The van der Waals surface area contributed by atoms with E-state index in [1.54, 1.807) is 24.0 Å². The predicted molar refractivity (Wildman–Crippen MR) is 119 cm³/mol. The Morgan fingerprint density at radius 3 is 2.70 bits per heavy atom. The molecule has 0 fully saturated rings. The predicted octanol–water partition coefficient (Wildman–Crippen LogP) is 4.37. The molecule has 0 saturated carbocycles. The first kappa shape index (κ1) is 22.3. The molecule has 33 heavy (non-hydrogen) atoms. The fraction of sp³-hybridized carbons (Fsp3) is 0.217. The van der Waals surface area contributed by atoms with E-state index in [-0.39, 0.29) is 18.1 Å². The normalized spacial score (nSPS) is 11.7. The largest absolute Gasteiger partial charge is 0.416 e. The zero-order valence-electron chi connectivity index (χ0n) is 17.9. The number of rotatable bonds is 5. The van der Waals surface area contributed by atoms with Gasteiger partial charge in [-0.3, -0.25) is 9.48 Å². The number of nitrogen functional groups attached to an aromatic ring is 1. The average Bonchev–Trinajstić information content (AvgIpc) is 3.12. The van der Waals surface area contributed by atoms with E-state index >= 15 is 0 Å². The van der Waals surface area contributed by atoms with Crippen molar-refractivity contribution < 1.29 is 18.0 Å². The maximum atomic E-state index is 12.9. The van der Waals surface area contributed by atoms with Crippen molar-refractivity contribution in [3.05, 3.63) is 65.5 Å². The molecule has 0 unspecified atom stereocenters. The molecule has 4 rings (SSSR count). The van der Waals surface area contributed by atoms with Crippen LogP contribution in [0.3, 0.4) is 0 Å². The molecule has 1 amide bonds. The molecule has 0 atom stereocenters. The number of hydrogen-bond acceptors (Lipinski definition) is 5. The molecule has 7 nitrogen and oxygen atoms in total. The van der Waals surface area contributed by atoms with Crippen LogP contribution in [0, 0.1) is 0 Å². The van der Waals surface area contributed by atoms with Crippen molar-refractivity contribution in [2.75, 3.05) is 11.1 Å². The Morgan fingerprint density at radius 2 is 1.97 bits per heavy atom. The van der Waals surface area contributed by atoms with Crippen LogP contribution in [0.1, 0.15) is 23.7 Å². The molecule has 0 radical (unpaired) electrons. The van der Waals surface area contributed by atoms with Gasteiger partial charge in [-0.1, -0.05) is 13.0 Å². The highest BCUT2D eigenvalue weighted by Crippen LogP contribution is 2.31. The second-order valence-corrected chi connectivity index (χ2v) is 7.60. The van der Waals surface area contributed by atoms with Crippen LogP contribution in [0.15, 0.2) is 48.7 Å². The van der Waals surface area contributed by atoms with Crippen LogP contribution in [0.5, 0.6) is 0 Å². The number of amides is 1. The summed E-state index contributed by atoms with van der Waals surface area (Å²) in [4.78, 5) is 20.8. The summed E-state index contributed by atoms with van der Waals surface area (Å²) < 4.78 is 40.3. The van der Waals surface area contributed by atoms with Crippen molar-refractivity contribution in [2.45, 2.75) is 25.9 Å². The maximum Gasteiger partial charge on any atom is 0.416 e. The van der Waals surface area contributed by atoms with Crippen LogP contribution in [-0.4, -0.2) is 25.7 Å². The van der Waals surface area contributed by atoms with Gasteiger partial charge in [-0.25, -0.2) is 9.97 Å². The Kier molecular flexibility index (Phi) is 5.75. The monoisotopic (exact) mass is 454 g/mol. The molecule has 0 aliphatic rings. The lowest BCUT2D eigenvalue weighted by atomic mass is 10.0. The summed E-state index contributed by atoms with van der Waals surface area (Å²) >= 11 is 0. The van der Waals surface area contributed by atoms with Crippen LogP contribution in [0.25, 0.3) is 22.2 Å². The standard InChI is InChI=1S/C23H21F3N6O/c1-3-13-7-14(8-15-12-28-22(27)30-21(13)15)19-10-18(31-32(19)2)11-20(33)29-17-6-4-5-16(9-17)23(24,25)26/h4-10,12H,3,11H2,1-2H3,(H,29,33)(H2,27,28,30). The summed E-state index contributed by atoms with van der Waals surface area (Å²) in [7, 11) is 1.76. The smallest absolute Gasteiger partial charge is 0.368 e. The van der Waals surface area contributed by atoms with E-state index in [1.807, 2.05) is 19.1 Å². The highest BCUT2D eigenvalue weighted by atomic mass is 19.4. The van der Waals surface area contributed by atoms with Crippen molar-refractivity contribution in [2.24, 2.45) is 7.05 Å². The number of nitrogens with two attached hydrogens (primary N) is 1. The number of alkyl halides is 3. The summed E-state index contributed by atoms with van der Waals surface area (Å²) in [6.45, 7) is 2.02. The third kappa shape index (κ3) is 4.79. The summed E-state index contributed by atoms with van der Waals surface area (Å²) in [5.41, 5.74) is 8.92. The topological polar surface area (TPSA) is 98.7 Å². The van der Waals surface area contributed by atoms with Crippen LogP contribution < -0.4 is 11.1 Å². The van der Waals surface area contributed by atoms with Gasteiger partial charge < -0.3 is 11.1 Å². The lowest BCUT2D eigenvalue weighted by molar-refractivity contribution is -0.137. The first-order chi connectivity index (χ1) is 15.6. The van der Waals surface area contributed by atoms with Gasteiger partial charge in [0.2, 0.25) is 11.9 Å². The van der Waals surface area contributed by atoms with E-state index in [0.717, 1.165) is 46.3 Å². The molecule has 0 aliphatic carbocycles. The van der Waals surface area contributed by atoms with E-state index in [2.05, 4.69) is 20.4 Å². The number of halogens is 3. The number of carbonyl (C=O) groups excluding carboxylic acids is 1. The molecule has 2 aromatic heterocycles. The van der Waals surface area contributed by atoms with Crippen molar-refractivity contribution in [1.82, 2.24) is 19.7 Å². The number of nitrogens with zero attached hydrogens (tertiary/aromatic N) is 4. The quantitative estimate of drug-likeness (QED) is 0.467. The summed E-state index contributed by atoms with van der Waals surface area (Å²) in [6, 6.07) is 10.2. The number of aromatic nitrogens is 4. The summed E-state index contributed by atoms with van der Waals surface area (Å²) in [5, 5.41) is 7.74. The highest BCUT2D eigenvalue weighted by molar-refractivity contribution is 5.92. The Balaban J connectivity index is 1.57. The van der Waals surface area contributed by atoms with E-state index in [9.17, 15) is 18.0 Å². The second kappa shape index (κ2) is 8.53. The highest BCUT2D eigenvalue weighted by Gasteiger charge is 2.30. The van der Waals surface area contributed by atoms with Gasteiger partial charge in [0.25, 0.3) is 0 Å². The van der Waals surface area contributed by atoms with Crippen molar-refractivity contribution in [3.8, 4) is 11.3 Å². The number of aryl methyl sites for hydroxylation is 2. The molecular formula is C23H21F3N6O. The van der Waals surface area contributed by atoms with Crippen LogP contribution in [0.2, 0.25) is 0 Å². The number of benzene rings is 2. The first-order valence-electron chi connectivity index (χ1n) is 10.2. The van der Waals surface area contributed by atoms with Crippen LogP contribution in [-0.2, 0) is 30.9 Å². The zero-order valence-corrected chi connectivity index (χ0v) is 17.9. The van der Waals surface area contributed by atoms with E-state index in [0.29, 0.717) is 5.69 Å². The Morgan fingerprint density at radius 1 is 1.18 bits per heavy atom. The van der Waals surface area contributed by atoms with Gasteiger partial charge in [-0.05, 0) is 48.4 Å². The zero-order chi connectivity index (χ0) is 23.8. The van der Waals surface area contributed by atoms with Gasteiger partial charge in [0.05, 0.1) is 28.9 Å². The number of fused-ring (bicyclic) bond motifs is 1. The van der Waals surface area contributed by atoms with Gasteiger partial charge in [-0.15, -0.1) is 0 Å². The van der Waals surface area contributed by atoms with Crippen molar-refractivity contribution >= 4 is 28.4 Å². The van der Waals surface area contributed by atoms with Crippen molar-refractivity contribution in [1.29, 1.82) is 0 Å². The van der Waals surface area contributed by atoms with E-state index < -0.39 is 17.6 Å². The summed E-state index contributed by atoms with van der Waals surface area (Å²) in [6.07, 6.45) is -2.16. The Labute approximate surface area is 187 Å². The SMILES string of the molecule is CCc1cc(-c2cc(CC(=O)Nc3cccc(C(F)(F)F)c3)nn2C)cc2cnc(N)nc12. The third-order valence-electron chi connectivity index (χ3n) is 5.20. The average molecular weight is 454 g/mol. The van der Waals surface area contributed by atoms with Gasteiger partial charge in [0.1, 0.15) is 0 Å². The number of carbonyl (C=O) groups is 1. The van der Waals surface area contributed by atoms with Crippen LogP contribution >= 0.6 is 0 Å². The minimum absolute atomic E-state index is 0.0763. The molecule has 10 heteroatoms. The molecular weight excluding hydrogens is 433 g/mol. The van der Waals surface area contributed by atoms with Gasteiger partial charge in [0, 0.05) is 29.9 Å². The molecule has 0 saturated heterocycles. The van der Waals surface area contributed by atoms with Gasteiger partial charge in [0.15, 0.2) is 0 Å². The molecule has 2 aromatic carbocycles. The number of anilines is 2. The minimum Gasteiger partial charge on any atom is -0.368 e. The second-order valence-electron chi connectivity index (χ2n) is 7.60. The molecule has 170 valence electrons. The first-order valence-corrected chi connectivity index (χ1v) is 10.2. The number of hydrogen-bond donors (Lipinski definition) is 2. The Hall–Kier alpha value is -3.95. The molecule has 0 bridgehead atoms. The molecule has 4 aromatic rings. The minimum atomic E-state index is -4.48. The maximum absolute atomic E-state index is 12.9. The molecule has 3 N–H and O–H groups in total. The van der Waals surface area contributed by atoms with Gasteiger partial charge in [-0.2, -0.15) is 18.3 Å². The number of nitrogens with one attached hydrogen (secondary N) is 1.